The van der Waals surface area contributed by atoms with Crippen molar-refractivity contribution in [1.82, 2.24) is 4.57 Å². The van der Waals surface area contributed by atoms with Gasteiger partial charge in [0, 0.05) is 47.8 Å². The van der Waals surface area contributed by atoms with Crippen molar-refractivity contribution < 1.29 is 0 Å². The molecule has 0 spiro atoms. The Morgan fingerprint density at radius 3 is 1.75 bits per heavy atom. The van der Waals surface area contributed by atoms with Crippen LogP contribution in [0.2, 0.25) is 20.1 Å². The van der Waals surface area contributed by atoms with Crippen molar-refractivity contribution in [2.45, 2.75) is 19.7 Å². The lowest BCUT2D eigenvalue weighted by atomic mass is 10.2. The second-order valence-corrected chi connectivity index (χ2v) is 10.0. The fourth-order valence-corrected chi connectivity index (χ4v) is 6.66. The van der Waals surface area contributed by atoms with Crippen LogP contribution in [0.25, 0.3) is 10.9 Å². The highest BCUT2D eigenvalue weighted by Gasteiger charge is 2.18. The van der Waals surface area contributed by atoms with E-state index in [0.29, 0.717) is 20.1 Å². The third kappa shape index (κ3) is 4.30. The van der Waals surface area contributed by atoms with Crippen molar-refractivity contribution in [1.29, 1.82) is 0 Å². The molecule has 28 heavy (non-hydrogen) atoms. The fourth-order valence-electron chi connectivity index (χ4n) is 2.95. The predicted octanol–water partition coefficient (Wildman–Crippen LogP) is 9.09. The standard InChI is InChI=1S/C21H13Cl4NS2/c1-26-19-5-3-2-4-18(19)20(27-16-8-12(22)6-13(23)9-16)21(26)28-17-10-14(24)7-15(25)11-17/h2-11H,1H3. The van der Waals surface area contributed by atoms with Crippen LogP contribution >= 0.6 is 69.9 Å². The molecule has 0 aliphatic carbocycles. The Balaban J connectivity index is 1.85. The molecule has 0 saturated heterocycles. The zero-order valence-corrected chi connectivity index (χ0v) is 19.2. The van der Waals surface area contributed by atoms with E-state index in [-0.39, 0.29) is 0 Å². The highest BCUT2D eigenvalue weighted by atomic mass is 35.5. The van der Waals surface area contributed by atoms with Crippen LogP contribution in [0.4, 0.5) is 0 Å². The zero-order chi connectivity index (χ0) is 19.8. The summed E-state index contributed by atoms with van der Waals surface area (Å²) in [5.41, 5.74) is 1.15. The summed E-state index contributed by atoms with van der Waals surface area (Å²) in [7, 11) is 2.06. The zero-order valence-electron chi connectivity index (χ0n) is 14.5. The van der Waals surface area contributed by atoms with E-state index in [0.717, 1.165) is 25.2 Å². The summed E-state index contributed by atoms with van der Waals surface area (Å²) in [4.78, 5) is 3.10. The van der Waals surface area contributed by atoms with Gasteiger partial charge in [0.15, 0.2) is 0 Å². The molecular weight excluding hydrogens is 472 g/mol. The van der Waals surface area contributed by atoms with Crippen molar-refractivity contribution >= 4 is 80.8 Å². The first-order chi connectivity index (χ1) is 13.4. The molecule has 0 atom stereocenters. The first-order valence-electron chi connectivity index (χ1n) is 8.26. The smallest absolute Gasteiger partial charge is 0.0947 e. The molecule has 142 valence electrons. The summed E-state index contributed by atoms with van der Waals surface area (Å²) in [6.45, 7) is 0. The van der Waals surface area contributed by atoms with Gasteiger partial charge in [-0.05, 0) is 42.5 Å². The minimum atomic E-state index is 0.615. The minimum absolute atomic E-state index is 0.615. The van der Waals surface area contributed by atoms with Crippen LogP contribution in [0, 0.1) is 0 Å². The summed E-state index contributed by atoms with van der Waals surface area (Å²) >= 11 is 28.1. The third-order valence-electron chi connectivity index (χ3n) is 4.12. The van der Waals surface area contributed by atoms with Gasteiger partial charge in [-0.2, -0.15) is 0 Å². The summed E-state index contributed by atoms with van der Waals surface area (Å²) in [5.74, 6) is 0. The van der Waals surface area contributed by atoms with Gasteiger partial charge in [0.05, 0.1) is 9.92 Å². The van der Waals surface area contributed by atoms with Gasteiger partial charge in [0.1, 0.15) is 0 Å². The Hall–Kier alpha value is -0.940. The van der Waals surface area contributed by atoms with Crippen molar-refractivity contribution in [3.63, 3.8) is 0 Å². The molecular formula is C21H13Cl4NS2. The molecule has 0 amide bonds. The number of aryl methyl sites for hydroxylation is 1. The summed E-state index contributed by atoms with van der Waals surface area (Å²) in [5, 5.41) is 4.73. The number of para-hydroxylation sites is 1. The Kier molecular flexibility index (Phi) is 6.12. The van der Waals surface area contributed by atoms with E-state index in [2.05, 4.69) is 23.7 Å². The van der Waals surface area contributed by atoms with Gasteiger partial charge < -0.3 is 4.57 Å². The lowest BCUT2D eigenvalue weighted by molar-refractivity contribution is 0.836. The van der Waals surface area contributed by atoms with Crippen molar-refractivity contribution in [2.24, 2.45) is 7.05 Å². The number of nitrogens with zero attached hydrogens (tertiary/aromatic N) is 1. The van der Waals surface area contributed by atoms with Gasteiger partial charge in [-0.15, -0.1) is 0 Å². The van der Waals surface area contributed by atoms with E-state index in [1.807, 2.05) is 36.4 Å². The molecule has 3 aromatic carbocycles. The van der Waals surface area contributed by atoms with Crippen molar-refractivity contribution in [3.8, 4) is 0 Å². The van der Waals surface area contributed by atoms with E-state index < -0.39 is 0 Å². The molecule has 1 nitrogen and oxygen atoms in total. The van der Waals surface area contributed by atoms with Gasteiger partial charge in [0.2, 0.25) is 0 Å². The Morgan fingerprint density at radius 1 is 0.679 bits per heavy atom. The second-order valence-electron chi connectivity index (χ2n) is 6.12. The number of hydrogen-bond acceptors (Lipinski definition) is 2. The van der Waals surface area contributed by atoms with Crippen LogP contribution in [0.3, 0.4) is 0 Å². The molecule has 0 aliphatic rings. The monoisotopic (exact) mass is 483 g/mol. The number of hydrogen-bond donors (Lipinski definition) is 0. The lowest BCUT2D eigenvalue weighted by Crippen LogP contribution is -1.90. The van der Waals surface area contributed by atoms with Gasteiger partial charge >= 0.3 is 0 Å². The van der Waals surface area contributed by atoms with Crippen LogP contribution in [-0.4, -0.2) is 4.57 Å². The molecule has 1 aromatic heterocycles. The number of halogens is 4. The maximum atomic E-state index is 6.21. The van der Waals surface area contributed by atoms with Crippen LogP contribution in [0.5, 0.6) is 0 Å². The third-order valence-corrected chi connectivity index (χ3v) is 7.35. The molecule has 0 aliphatic heterocycles. The van der Waals surface area contributed by atoms with Crippen LogP contribution < -0.4 is 0 Å². The van der Waals surface area contributed by atoms with E-state index in [1.54, 1.807) is 35.7 Å². The Bertz CT molecular complexity index is 1150. The maximum absolute atomic E-state index is 6.21. The SMILES string of the molecule is Cn1c(Sc2cc(Cl)cc(Cl)c2)c(Sc2cc(Cl)cc(Cl)c2)c2ccccc21. The molecule has 0 unspecified atom stereocenters. The lowest BCUT2D eigenvalue weighted by Gasteiger charge is -2.09. The molecule has 0 radical (unpaired) electrons. The summed E-state index contributed by atoms with van der Waals surface area (Å²) in [6, 6.07) is 19.5. The highest BCUT2D eigenvalue weighted by molar-refractivity contribution is 8.02. The molecule has 1 heterocycles. The first-order valence-corrected chi connectivity index (χ1v) is 11.4. The minimum Gasteiger partial charge on any atom is -0.338 e. The molecule has 0 saturated carbocycles. The van der Waals surface area contributed by atoms with Crippen molar-refractivity contribution in [3.05, 3.63) is 80.8 Å². The summed E-state index contributed by atoms with van der Waals surface area (Å²) in [6.07, 6.45) is 0. The average molecular weight is 485 g/mol. The molecule has 0 N–H and O–H groups in total. The van der Waals surface area contributed by atoms with Crippen molar-refractivity contribution in [2.75, 3.05) is 0 Å². The number of aromatic nitrogens is 1. The van der Waals surface area contributed by atoms with E-state index >= 15 is 0 Å². The van der Waals surface area contributed by atoms with E-state index in [1.165, 1.54) is 5.39 Å². The number of rotatable bonds is 4. The fraction of sp³-hybridized carbons (Fsp3) is 0.0476. The van der Waals surface area contributed by atoms with Crippen LogP contribution in [-0.2, 0) is 7.05 Å². The normalized spacial score (nSPS) is 11.3. The molecule has 0 fully saturated rings. The van der Waals surface area contributed by atoms with Gasteiger partial charge in [-0.25, -0.2) is 0 Å². The largest absolute Gasteiger partial charge is 0.338 e. The van der Waals surface area contributed by atoms with Gasteiger partial charge in [-0.1, -0.05) is 88.1 Å². The van der Waals surface area contributed by atoms with E-state index in [4.69, 9.17) is 46.4 Å². The predicted molar refractivity (Wildman–Crippen MR) is 124 cm³/mol. The van der Waals surface area contributed by atoms with E-state index in [9.17, 15) is 0 Å². The van der Waals surface area contributed by atoms with Gasteiger partial charge in [-0.3, -0.25) is 0 Å². The summed E-state index contributed by atoms with van der Waals surface area (Å²) < 4.78 is 2.18. The topological polar surface area (TPSA) is 4.93 Å². The maximum Gasteiger partial charge on any atom is 0.0947 e. The van der Waals surface area contributed by atoms with Crippen LogP contribution in [0.15, 0.2) is 80.4 Å². The molecule has 4 aromatic rings. The van der Waals surface area contributed by atoms with Crippen LogP contribution in [0.1, 0.15) is 0 Å². The second kappa shape index (κ2) is 8.43. The Labute approximate surface area is 191 Å². The van der Waals surface area contributed by atoms with Gasteiger partial charge in [0.25, 0.3) is 0 Å². The molecule has 7 heteroatoms. The quantitative estimate of drug-likeness (QED) is 0.284. The average Bonchev–Trinajstić information content (AvgIpc) is 2.86. The first kappa shape index (κ1) is 20.3. The number of benzene rings is 3. The Morgan fingerprint density at radius 2 is 1.18 bits per heavy atom. The number of fused-ring (bicyclic) bond motifs is 1. The highest BCUT2D eigenvalue weighted by Crippen LogP contribution is 2.46. The molecule has 0 bridgehead atoms. The molecule has 4 rings (SSSR count).